The molecule has 27 heavy (non-hydrogen) atoms. The fourth-order valence-corrected chi connectivity index (χ4v) is 4.09. The van der Waals surface area contributed by atoms with Crippen LogP contribution in [0.3, 0.4) is 0 Å². The number of carbonyl (C=O) groups excluding carboxylic acids is 2. The van der Waals surface area contributed by atoms with Gasteiger partial charge in [0.15, 0.2) is 0 Å². The van der Waals surface area contributed by atoms with Crippen molar-refractivity contribution in [1.29, 1.82) is 0 Å². The fraction of sp³-hybridized carbons (Fsp3) is 0.450. The van der Waals surface area contributed by atoms with Gasteiger partial charge in [-0.25, -0.2) is 4.98 Å². The van der Waals surface area contributed by atoms with E-state index in [1.807, 2.05) is 53.8 Å². The minimum atomic E-state index is -0.593. The quantitative estimate of drug-likeness (QED) is 0.870. The van der Waals surface area contributed by atoms with E-state index in [1.54, 1.807) is 6.20 Å². The molecular weight excluding hydrogens is 342 g/mol. The number of amides is 2. The van der Waals surface area contributed by atoms with Crippen LogP contribution in [-0.4, -0.2) is 45.0 Å². The molecule has 7 nitrogen and oxygen atoms in total. The summed E-state index contributed by atoms with van der Waals surface area (Å²) in [7, 11) is 0. The first kappa shape index (κ1) is 17.6. The Morgan fingerprint density at radius 3 is 2.93 bits per heavy atom. The Labute approximate surface area is 158 Å². The van der Waals surface area contributed by atoms with Crippen LogP contribution < -0.4 is 10.6 Å². The Morgan fingerprint density at radius 1 is 1.33 bits per heavy atom. The second kappa shape index (κ2) is 6.72. The van der Waals surface area contributed by atoms with Crippen molar-refractivity contribution in [2.75, 3.05) is 18.4 Å². The minimum absolute atomic E-state index is 0.0827. The van der Waals surface area contributed by atoms with Gasteiger partial charge < -0.3 is 20.1 Å². The normalized spacial score (nSPS) is 22.7. The molecule has 2 N–H and O–H groups in total. The average molecular weight is 367 g/mol. The van der Waals surface area contributed by atoms with Gasteiger partial charge in [0.2, 0.25) is 5.91 Å². The van der Waals surface area contributed by atoms with Crippen LogP contribution in [0, 0.1) is 12.8 Å². The van der Waals surface area contributed by atoms with Crippen molar-refractivity contribution in [1.82, 2.24) is 19.8 Å². The molecule has 3 heterocycles. The summed E-state index contributed by atoms with van der Waals surface area (Å²) in [5, 5.41) is 6.59. The fourth-order valence-electron chi connectivity index (χ4n) is 4.09. The molecule has 2 aliphatic heterocycles. The number of para-hydroxylation sites is 1. The molecule has 0 bridgehead atoms. The number of anilines is 1. The Hall–Kier alpha value is -2.83. The zero-order chi connectivity index (χ0) is 19.0. The molecule has 142 valence electrons. The molecule has 2 atom stereocenters. The standard InChI is InChI=1S/C20H25N5O2/c1-14(12-24-11-9-21-15(24)2)19(27)25-10-5-8-20(13-25)22-17-7-4-3-6-16(17)18(26)23-20/h3-4,6-7,9,11,14,22H,5,8,10,12-13H2,1-2H3,(H,23,26)/t14-,20-/m1/s1. The molecular formula is C20H25N5O2. The van der Waals surface area contributed by atoms with Gasteiger partial charge in [0.25, 0.3) is 5.91 Å². The molecule has 2 amide bonds. The second-order valence-electron chi connectivity index (χ2n) is 7.60. The molecule has 2 aliphatic rings. The van der Waals surface area contributed by atoms with E-state index >= 15 is 0 Å². The van der Waals surface area contributed by atoms with Crippen LogP contribution in [0.15, 0.2) is 36.7 Å². The third kappa shape index (κ3) is 3.29. The van der Waals surface area contributed by atoms with E-state index in [-0.39, 0.29) is 17.7 Å². The third-order valence-corrected chi connectivity index (χ3v) is 5.52. The molecule has 0 unspecified atom stereocenters. The number of aromatic nitrogens is 2. The van der Waals surface area contributed by atoms with Gasteiger partial charge in [-0.1, -0.05) is 19.1 Å². The largest absolute Gasteiger partial charge is 0.361 e. The maximum absolute atomic E-state index is 13.0. The molecule has 0 aliphatic carbocycles. The number of aryl methyl sites for hydroxylation is 1. The first-order valence-corrected chi connectivity index (χ1v) is 9.44. The summed E-state index contributed by atoms with van der Waals surface area (Å²) >= 11 is 0. The number of carbonyl (C=O) groups is 2. The van der Waals surface area contributed by atoms with Gasteiger partial charge in [-0.3, -0.25) is 9.59 Å². The van der Waals surface area contributed by atoms with Crippen molar-refractivity contribution in [2.24, 2.45) is 5.92 Å². The third-order valence-electron chi connectivity index (χ3n) is 5.52. The summed E-state index contributed by atoms with van der Waals surface area (Å²) in [5.74, 6) is 0.778. The van der Waals surface area contributed by atoms with Crippen LogP contribution in [0.5, 0.6) is 0 Å². The zero-order valence-corrected chi connectivity index (χ0v) is 15.7. The van der Waals surface area contributed by atoms with Crippen LogP contribution in [0.4, 0.5) is 5.69 Å². The zero-order valence-electron chi connectivity index (χ0n) is 15.7. The van der Waals surface area contributed by atoms with Crippen molar-refractivity contribution >= 4 is 17.5 Å². The van der Waals surface area contributed by atoms with Crippen molar-refractivity contribution in [2.45, 2.75) is 38.9 Å². The smallest absolute Gasteiger partial charge is 0.255 e. The van der Waals surface area contributed by atoms with E-state index in [2.05, 4.69) is 15.6 Å². The monoisotopic (exact) mass is 367 g/mol. The summed E-state index contributed by atoms with van der Waals surface area (Å²) in [6.07, 6.45) is 5.29. The van der Waals surface area contributed by atoms with Gasteiger partial charge in [-0.05, 0) is 31.9 Å². The van der Waals surface area contributed by atoms with Crippen molar-refractivity contribution in [3.8, 4) is 0 Å². The maximum atomic E-state index is 13.0. The highest BCUT2D eigenvalue weighted by Crippen LogP contribution is 2.31. The maximum Gasteiger partial charge on any atom is 0.255 e. The van der Waals surface area contributed by atoms with Gasteiger partial charge in [0.05, 0.1) is 18.0 Å². The Bertz CT molecular complexity index is 877. The molecule has 2 aromatic rings. The van der Waals surface area contributed by atoms with Gasteiger partial charge in [0, 0.05) is 31.2 Å². The molecule has 7 heteroatoms. The lowest BCUT2D eigenvalue weighted by Gasteiger charge is -2.47. The highest BCUT2D eigenvalue weighted by molar-refractivity contribution is 6.02. The number of hydrogen-bond acceptors (Lipinski definition) is 4. The number of nitrogens with one attached hydrogen (secondary N) is 2. The highest BCUT2D eigenvalue weighted by atomic mass is 16.2. The van der Waals surface area contributed by atoms with Gasteiger partial charge in [-0.15, -0.1) is 0 Å². The number of fused-ring (bicyclic) bond motifs is 1. The molecule has 1 aromatic carbocycles. The Morgan fingerprint density at radius 2 is 2.15 bits per heavy atom. The SMILES string of the molecule is Cc1nccn1C[C@@H](C)C(=O)N1CCC[C@]2(C1)NC(=O)c1ccccc1N2. The summed E-state index contributed by atoms with van der Waals surface area (Å²) in [4.78, 5) is 31.7. The predicted molar refractivity (Wildman–Crippen MR) is 102 cm³/mol. The average Bonchev–Trinajstić information content (AvgIpc) is 3.05. The lowest BCUT2D eigenvalue weighted by atomic mass is 9.92. The van der Waals surface area contributed by atoms with Crippen LogP contribution in [0.2, 0.25) is 0 Å². The number of hydrogen-bond donors (Lipinski definition) is 2. The van der Waals surface area contributed by atoms with Crippen molar-refractivity contribution in [3.05, 3.63) is 48.0 Å². The topological polar surface area (TPSA) is 79.3 Å². The van der Waals surface area contributed by atoms with Crippen LogP contribution in [0.25, 0.3) is 0 Å². The van der Waals surface area contributed by atoms with E-state index in [1.165, 1.54) is 0 Å². The molecule has 1 saturated heterocycles. The second-order valence-corrected chi connectivity index (χ2v) is 7.60. The van der Waals surface area contributed by atoms with E-state index in [9.17, 15) is 9.59 Å². The summed E-state index contributed by atoms with van der Waals surface area (Å²) in [6, 6.07) is 7.50. The number of rotatable bonds is 3. The number of likely N-dealkylation sites (tertiary alicyclic amines) is 1. The van der Waals surface area contributed by atoms with Gasteiger partial charge in [0.1, 0.15) is 11.5 Å². The summed E-state index contributed by atoms with van der Waals surface area (Å²) in [6.45, 7) is 5.68. The van der Waals surface area contributed by atoms with Gasteiger partial charge in [-0.2, -0.15) is 0 Å². The number of nitrogens with zero attached hydrogens (tertiary/aromatic N) is 3. The van der Waals surface area contributed by atoms with Crippen molar-refractivity contribution in [3.63, 3.8) is 0 Å². The van der Waals surface area contributed by atoms with E-state index in [4.69, 9.17) is 0 Å². The molecule has 0 saturated carbocycles. The van der Waals surface area contributed by atoms with Gasteiger partial charge >= 0.3 is 0 Å². The molecule has 1 fully saturated rings. The van der Waals surface area contributed by atoms with E-state index in [0.29, 0.717) is 25.2 Å². The Balaban J connectivity index is 1.49. The molecule has 1 aromatic heterocycles. The van der Waals surface area contributed by atoms with E-state index < -0.39 is 5.66 Å². The lowest BCUT2D eigenvalue weighted by molar-refractivity contribution is -0.137. The predicted octanol–water partition coefficient (Wildman–Crippen LogP) is 2.00. The van der Waals surface area contributed by atoms with Crippen LogP contribution in [0.1, 0.15) is 35.9 Å². The van der Waals surface area contributed by atoms with Crippen LogP contribution >= 0.6 is 0 Å². The first-order valence-electron chi connectivity index (χ1n) is 9.44. The molecule has 1 spiro atoms. The number of benzene rings is 1. The number of piperidine rings is 1. The molecule has 0 radical (unpaired) electrons. The summed E-state index contributed by atoms with van der Waals surface area (Å²) in [5.41, 5.74) is 0.887. The molecule has 4 rings (SSSR count). The van der Waals surface area contributed by atoms with Crippen molar-refractivity contribution < 1.29 is 9.59 Å². The lowest BCUT2D eigenvalue weighted by Crippen LogP contribution is -2.66. The van der Waals surface area contributed by atoms with E-state index in [0.717, 1.165) is 24.4 Å². The number of imidazole rings is 1. The Kier molecular flexibility index (Phi) is 4.37. The minimum Gasteiger partial charge on any atom is -0.361 e. The first-order chi connectivity index (χ1) is 13.0. The summed E-state index contributed by atoms with van der Waals surface area (Å²) < 4.78 is 2.00. The highest BCUT2D eigenvalue weighted by Gasteiger charge is 2.42. The van der Waals surface area contributed by atoms with Crippen LogP contribution in [-0.2, 0) is 11.3 Å².